The molecule has 1 aromatic rings. The Kier molecular flexibility index (Phi) is 2.18. The van der Waals surface area contributed by atoms with Crippen LogP contribution < -0.4 is 10.6 Å². The van der Waals surface area contributed by atoms with Gasteiger partial charge in [-0.05, 0) is 18.1 Å². The van der Waals surface area contributed by atoms with Crippen LogP contribution in [0.4, 0.5) is 0 Å². The lowest BCUT2D eigenvalue weighted by molar-refractivity contribution is -0.123. The van der Waals surface area contributed by atoms with E-state index < -0.39 is 5.54 Å². The summed E-state index contributed by atoms with van der Waals surface area (Å²) < 4.78 is 0. The van der Waals surface area contributed by atoms with Crippen molar-refractivity contribution < 1.29 is 4.79 Å². The SMILES string of the molecule is CCN=C1NC(=O)C2(Cc3ccccc3C2)N1. The third-order valence-corrected chi connectivity index (χ3v) is 3.44. The molecule has 1 spiro atoms. The van der Waals surface area contributed by atoms with Gasteiger partial charge in [-0.25, -0.2) is 0 Å². The molecule has 0 aromatic heterocycles. The Hall–Kier alpha value is -1.84. The normalized spacial score (nSPS) is 22.6. The number of nitrogens with one attached hydrogen (secondary N) is 2. The van der Waals surface area contributed by atoms with Crippen LogP contribution in [-0.2, 0) is 17.6 Å². The van der Waals surface area contributed by atoms with Gasteiger partial charge in [-0.15, -0.1) is 0 Å². The highest BCUT2D eigenvalue weighted by Crippen LogP contribution is 2.31. The summed E-state index contributed by atoms with van der Waals surface area (Å²) in [7, 11) is 0. The van der Waals surface area contributed by atoms with Crippen LogP contribution in [0.25, 0.3) is 0 Å². The molecule has 4 heteroatoms. The first kappa shape index (κ1) is 10.3. The topological polar surface area (TPSA) is 53.5 Å². The van der Waals surface area contributed by atoms with Crippen molar-refractivity contribution >= 4 is 11.9 Å². The second kappa shape index (κ2) is 3.58. The molecule has 0 radical (unpaired) electrons. The molecule has 0 atom stereocenters. The lowest BCUT2D eigenvalue weighted by Crippen LogP contribution is -2.47. The van der Waals surface area contributed by atoms with E-state index in [9.17, 15) is 4.79 Å². The fourth-order valence-electron chi connectivity index (χ4n) is 2.64. The minimum atomic E-state index is -0.502. The van der Waals surface area contributed by atoms with Gasteiger partial charge in [0.05, 0.1) is 0 Å². The van der Waals surface area contributed by atoms with Crippen molar-refractivity contribution in [3.63, 3.8) is 0 Å². The molecule has 1 fully saturated rings. The van der Waals surface area contributed by atoms with E-state index in [1.807, 2.05) is 19.1 Å². The van der Waals surface area contributed by atoms with Crippen molar-refractivity contribution in [3.05, 3.63) is 35.4 Å². The van der Waals surface area contributed by atoms with Gasteiger partial charge in [0.2, 0.25) is 0 Å². The van der Waals surface area contributed by atoms with Gasteiger partial charge < -0.3 is 5.32 Å². The minimum Gasteiger partial charge on any atom is -0.341 e. The molecule has 1 saturated heterocycles. The van der Waals surface area contributed by atoms with Crippen LogP contribution in [0, 0.1) is 0 Å². The molecule has 2 aliphatic rings. The summed E-state index contributed by atoms with van der Waals surface area (Å²) in [5, 5.41) is 6.08. The van der Waals surface area contributed by atoms with Crippen LogP contribution in [0.1, 0.15) is 18.1 Å². The first-order valence-corrected chi connectivity index (χ1v) is 5.94. The fraction of sp³-hybridized carbons (Fsp3) is 0.385. The van der Waals surface area contributed by atoms with E-state index in [1.165, 1.54) is 11.1 Å². The number of carbonyl (C=O) groups is 1. The number of rotatable bonds is 1. The Morgan fingerprint density at radius 2 is 1.94 bits per heavy atom. The van der Waals surface area contributed by atoms with Gasteiger partial charge in [0.15, 0.2) is 5.96 Å². The maximum atomic E-state index is 12.1. The first-order chi connectivity index (χ1) is 8.23. The predicted molar refractivity (Wildman–Crippen MR) is 65.8 cm³/mol. The highest BCUT2D eigenvalue weighted by molar-refractivity contribution is 6.09. The van der Waals surface area contributed by atoms with E-state index in [0.717, 1.165) is 12.8 Å². The Bertz CT molecular complexity index is 482. The average Bonchev–Trinajstić information content (AvgIpc) is 2.81. The van der Waals surface area contributed by atoms with Gasteiger partial charge in [0.1, 0.15) is 5.54 Å². The van der Waals surface area contributed by atoms with Crippen molar-refractivity contribution in [2.75, 3.05) is 6.54 Å². The van der Waals surface area contributed by atoms with Crippen LogP contribution >= 0.6 is 0 Å². The largest absolute Gasteiger partial charge is 0.341 e. The highest BCUT2D eigenvalue weighted by atomic mass is 16.2. The number of benzene rings is 1. The molecular formula is C13H15N3O. The summed E-state index contributed by atoms with van der Waals surface area (Å²) in [6.07, 6.45) is 1.50. The van der Waals surface area contributed by atoms with Crippen LogP contribution in [0.3, 0.4) is 0 Å². The van der Waals surface area contributed by atoms with Crippen LogP contribution in [0.2, 0.25) is 0 Å². The molecule has 0 bridgehead atoms. The van der Waals surface area contributed by atoms with E-state index in [-0.39, 0.29) is 5.91 Å². The summed E-state index contributed by atoms with van der Waals surface area (Å²) in [6, 6.07) is 8.22. The van der Waals surface area contributed by atoms with E-state index >= 15 is 0 Å². The van der Waals surface area contributed by atoms with Crippen LogP contribution in [0.15, 0.2) is 29.3 Å². The third-order valence-electron chi connectivity index (χ3n) is 3.44. The van der Waals surface area contributed by atoms with Crippen molar-refractivity contribution in [1.29, 1.82) is 0 Å². The third kappa shape index (κ3) is 1.52. The van der Waals surface area contributed by atoms with Gasteiger partial charge in [0.25, 0.3) is 5.91 Å². The zero-order valence-corrected chi connectivity index (χ0v) is 9.79. The smallest absolute Gasteiger partial charge is 0.253 e. The van der Waals surface area contributed by atoms with E-state index in [0.29, 0.717) is 12.5 Å². The number of carbonyl (C=O) groups excluding carboxylic acids is 1. The van der Waals surface area contributed by atoms with Crippen LogP contribution in [0.5, 0.6) is 0 Å². The molecule has 1 aliphatic carbocycles. The molecule has 88 valence electrons. The molecule has 0 saturated carbocycles. The monoisotopic (exact) mass is 229 g/mol. The summed E-state index contributed by atoms with van der Waals surface area (Å²) in [5.41, 5.74) is 2.01. The quantitative estimate of drug-likeness (QED) is 0.741. The number of fused-ring (bicyclic) bond motifs is 1. The maximum Gasteiger partial charge on any atom is 0.253 e. The second-order valence-corrected chi connectivity index (χ2v) is 4.61. The molecular weight excluding hydrogens is 214 g/mol. The molecule has 0 unspecified atom stereocenters. The number of aliphatic imine (C=N–C) groups is 1. The van der Waals surface area contributed by atoms with Crippen molar-refractivity contribution in [2.45, 2.75) is 25.3 Å². The Balaban J connectivity index is 1.92. The molecule has 1 heterocycles. The second-order valence-electron chi connectivity index (χ2n) is 4.61. The van der Waals surface area contributed by atoms with E-state index in [4.69, 9.17) is 0 Å². The van der Waals surface area contributed by atoms with Gasteiger partial charge in [-0.1, -0.05) is 24.3 Å². The van der Waals surface area contributed by atoms with Crippen LogP contribution in [-0.4, -0.2) is 24.0 Å². The van der Waals surface area contributed by atoms with E-state index in [2.05, 4.69) is 27.8 Å². The number of guanidine groups is 1. The van der Waals surface area contributed by atoms with Crippen molar-refractivity contribution in [2.24, 2.45) is 4.99 Å². The van der Waals surface area contributed by atoms with Gasteiger partial charge >= 0.3 is 0 Å². The number of hydrogen-bond acceptors (Lipinski definition) is 2. The minimum absolute atomic E-state index is 0.0425. The molecule has 4 nitrogen and oxygen atoms in total. The zero-order valence-electron chi connectivity index (χ0n) is 9.79. The Morgan fingerprint density at radius 3 is 2.53 bits per heavy atom. The molecule has 2 N–H and O–H groups in total. The zero-order chi connectivity index (χ0) is 11.9. The Morgan fingerprint density at radius 1 is 1.29 bits per heavy atom. The average molecular weight is 229 g/mol. The van der Waals surface area contributed by atoms with Gasteiger partial charge in [0, 0.05) is 19.4 Å². The summed E-state index contributed by atoms with van der Waals surface area (Å²) in [4.78, 5) is 16.3. The summed E-state index contributed by atoms with van der Waals surface area (Å²) >= 11 is 0. The number of nitrogens with zero attached hydrogens (tertiary/aromatic N) is 1. The lowest BCUT2D eigenvalue weighted by atomic mass is 9.96. The lowest BCUT2D eigenvalue weighted by Gasteiger charge is -2.19. The fourth-order valence-corrected chi connectivity index (χ4v) is 2.64. The number of hydrogen-bond donors (Lipinski definition) is 2. The summed E-state index contributed by atoms with van der Waals surface area (Å²) in [6.45, 7) is 2.63. The molecule has 1 aliphatic heterocycles. The van der Waals surface area contributed by atoms with Gasteiger partial charge in [-0.3, -0.25) is 15.1 Å². The van der Waals surface area contributed by atoms with Crippen molar-refractivity contribution in [1.82, 2.24) is 10.6 Å². The van der Waals surface area contributed by atoms with E-state index in [1.54, 1.807) is 0 Å². The maximum absolute atomic E-state index is 12.1. The van der Waals surface area contributed by atoms with Gasteiger partial charge in [-0.2, -0.15) is 0 Å². The predicted octanol–water partition coefficient (Wildman–Crippen LogP) is 0.619. The Labute approximate surface area is 100 Å². The molecule has 3 rings (SSSR count). The first-order valence-electron chi connectivity index (χ1n) is 5.94. The standard InChI is InChI=1S/C13H15N3O/c1-2-14-12-15-11(17)13(16-12)7-9-5-3-4-6-10(9)8-13/h3-6H,2,7-8H2,1H3,(H2,14,15,16,17). The molecule has 1 amide bonds. The molecule has 1 aromatic carbocycles. The number of amides is 1. The summed E-state index contributed by atoms with van der Waals surface area (Å²) in [5.74, 6) is 0.659. The van der Waals surface area contributed by atoms with Crippen molar-refractivity contribution in [3.8, 4) is 0 Å². The highest BCUT2D eigenvalue weighted by Gasteiger charge is 2.48. The molecule has 17 heavy (non-hydrogen) atoms.